The molecule has 0 aromatic carbocycles. The van der Waals surface area contributed by atoms with Gasteiger partial charge in [0.05, 0.1) is 11.4 Å². The van der Waals surface area contributed by atoms with E-state index in [9.17, 15) is 0 Å². The van der Waals surface area contributed by atoms with Gasteiger partial charge in [0.1, 0.15) is 0 Å². The minimum Gasteiger partial charge on any atom is -0.311 e. The predicted octanol–water partition coefficient (Wildman–Crippen LogP) is 1.55. The van der Waals surface area contributed by atoms with Crippen LogP contribution >= 0.6 is 0 Å². The number of aryl methyl sites for hydroxylation is 2. The van der Waals surface area contributed by atoms with Crippen molar-refractivity contribution in [2.24, 2.45) is 13.0 Å². The van der Waals surface area contributed by atoms with Crippen LogP contribution in [-0.2, 0) is 13.6 Å². The Morgan fingerprint density at radius 2 is 2.06 bits per heavy atom. The molecule has 0 saturated carbocycles. The Bertz CT molecular complexity index is 364. The molecule has 0 atom stereocenters. The Hall–Kier alpha value is -0.870. The Morgan fingerprint density at radius 1 is 1.33 bits per heavy atom. The van der Waals surface area contributed by atoms with Gasteiger partial charge < -0.3 is 10.2 Å². The van der Waals surface area contributed by atoms with Gasteiger partial charge in [-0.25, -0.2) is 0 Å². The van der Waals surface area contributed by atoms with E-state index < -0.39 is 0 Å². The summed E-state index contributed by atoms with van der Waals surface area (Å²) in [6.07, 6.45) is 4.04. The van der Waals surface area contributed by atoms with Crippen LogP contribution in [0.2, 0.25) is 0 Å². The molecule has 1 fully saturated rings. The highest BCUT2D eigenvalue weighted by Gasteiger charge is 2.15. The number of piperidine rings is 1. The fraction of sp³-hybridized carbons (Fsp3) is 0.786. The van der Waals surface area contributed by atoms with Gasteiger partial charge in [0.25, 0.3) is 0 Å². The van der Waals surface area contributed by atoms with E-state index in [4.69, 9.17) is 0 Å². The maximum absolute atomic E-state index is 4.36. The highest BCUT2D eigenvalue weighted by molar-refractivity contribution is 5.08. The first kappa shape index (κ1) is 13.6. The molecular weight excluding hydrogens is 224 g/mol. The van der Waals surface area contributed by atoms with E-state index in [1.165, 1.54) is 38.0 Å². The lowest BCUT2D eigenvalue weighted by Gasteiger charge is -2.28. The molecule has 0 spiro atoms. The van der Waals surface area contributed by atoms with Gasteiger partial charge in [-0.1, -0.05) is 0 Å². The van der Waals surface area contributed by atoms with Gasteiger partial charge in [0.15, 0.2) is 0 Å². The zero-order valence-corrected chi connectivity index (χ0v) is 11.9. The van der Waals surface area contributed by atoms with Crippen molar-refractivity contribution in [1.82, 2.24) is 20.0 Å². The summed E-state index contributed by atoms with van der Waals surface area (Å²) in [6.45, 7) is 6.64. The summed E-state index contributed by atoms with van der Waals surface area (Å²) in [6, 6.07) is 2.16. The fourth-order valence-corrected chi connectivity index (χ4v) is 2.70. The zero-order chi connectivity index (χ0) is 13.0. The normalized spacial score (nSPS) is 18.4. The molecule has 1 aliphatic rings. The van der Waals surface area contributed by atoms with Crippen LogP contribution in [0.3, 0.4) is 0 Å². The van der Waals surface area contributed by atoms with Crippen LogP contribution in [0.25, 0.3) is 0 Å². The predicted molar refractivity (Wildman–Crippen MR) is 74.5 cm³/mol. The van der Waals surface area contributed by atoms with E-state index in [1.54, 1.807) is 0 Å². The van der Waals surface area contributed by atoms with E-state index in [-0.39, 0.29) is 0 Å². The molecule has 0 radical (unpaired) electrons. The van der Waals surface area contributed by atoms with Crippen molar-refractivity contribution in [3.8, 4) is 0 Å². The molecular formula is C14H26N4. The summed E-state index contributed by atoms with van der Waals surface area (Å²) in [5.74, 6) is 0.918. The van der Waals surface area contributed by atoms with Crippen molar-refractivity contribution in [3.63, 3.8) is 0 Å². The first-order valence-electron chi connectivity index (χ1n) is 7.04. The monoisotopic (exact) mass is 250 g/mol. The van der Waals surface area contributed by atoms with Crippen molar-refractivity contribution in [2.75, 3.05) is 26.7 Å². The second-order valence-electron chi connectivity index (χ2n) is 5.61. The first-order valence-corrected chi connectivity index (χ1v) is 7.04. The zero-order valence-electron chi connectivity index (χ0n) is 11.9. The van der Waals surface area contributed by atoms with Gasteiger partial charge >= 0.3 is 0 Å². The smallest absolute Gasteiger partial charge is 0.0597 e. The minimum absolute atomic E-state index is 0.918. The Balaban J connectivity index is 1.63. The molecule has 0 bridgehead atoms. The van der Waals surface area contributed by atoms with Crippen LogP contribution < -0.4 is 5.32 Å². The van der Waals surface area contributed by atoms with Gasteiger partial charge in [-0.2, -0.15) is 5.10 Å². The topological polar surface area (TPSA) is 33.1 Å². The molecule has 1 aliphatic heterocycles. The quantitative estimate of drug-likeness (QED) is 0.805. The van der Waals surface area contributed by atoms with E-state index >= 15 is 0 Å². The van der Waals surface area contributed by atoms with Gasteiger partial charge in [-0.05, 0) is 64.9 Å². The van der Waals surface area contributed by atoms with E-state index in [0.717, 1.165) is 24.7 Å². The summed E-state index contributed by atoms with van der Waals surface area (Å²) in [5, 5.41) is 7.90. The third-order valence-electron chi connectivity index (χ3n) is 3.97. The molecule has 2 heterocycles. The number of nitrogens with zero attached hydrogens (tertiary/aromatic N) is 3. The van der Waals surface area contributed by atoms with Crippen LogP contribution in [0.5, 0.6) is 0 Å². The molecule has 1 aromatic rings. The molecule has 18 heavy (non-hydrogen) atoms. The average molecular weight is 250 g/mol. The van der Waals surface area contributed by atoms with Gasteiger partial charge in [0.2, 0.25) is 0 Å². The largest absolute Gasteiger partial charge is 0.311 e. The molecule has 4 nitrogen and oxygen atoms in total. The number of likely N-dealkylation sites (tertiary alicyclic amines) is 1. The molecule has 102 valence electrons. The SMILES string of the molecule is Cc1cc(CNCCC2CCN(C)CC2)n(C)n1. The second-order valence-corrected chi connectivity index (χ2v) is 5.61. The van der Waals surface area contributed by atoms with Crippen molar-refractivity contribution >= 4 is 0 Å². The number of aromatic nitrogens is 2. The van der Waals surface area contributed by atoms with Gasteiger partial charge in [0, 0.05) is 13.6 Å². The fourth-order valence-electron chi connectivity index (χ4n) is 2.70. The summed E-state index contributed by atoms with van der Waals surface area (Å²) < 4.78 is 1.97. The van der Waals surface area contributed by atoms with Gasteiger partial charge in [-0.3, -0.25) is 4.68 Å². The second kappa shape index (κ2) is 6.34. The van der Waals surface area contributed by atoms with Crippen molar-refractivity contribution in [3.05, 3.63) is 17.5 Å². The molecule has 0 unspecified atom stereocenters. The highest BCUT2D eigenvalue weighted by Crippen LogP contribution is 2.18. The third-order valence-corrected chi connectivity index (χ3v) is 3.97. The summed E-state index contributed by atoms with van der Waals surface area (Å²) in [5.41, 5.74) is 2.38. The van der Waals surface area contributed by atoms with E-state index in [1.807, 2.05) is 18.7 Å². The molecule has 0 aliphatic carbocycles. The Morgan fingerprint density at radius 3 is 2.67 bits per heavy atom. The van der Waals surface area contributed by atoms with Crippen molar-refractivity contribution in [2.45, 2.75) is 32.7 Å². The van der Waals surface area contributed by atoms with Gasteiger partial charge in [-0.15, -0.1) is 0 Å². The van der Waals surface area contributed by atoms with Crippen LogP contribution in [0, 0.1) is 12.8 Å². The number of hydrogen-bond acceptors (Lipinski definition) is 3. The lowest BCUT2D eigenvalue weighted by Crippen LogP contribution is -2.31. The Labute approximate surface area is 110 Å². The first-order chi connectivity index (χ1) is 8.65. The molecule has 1 aromatic heterocycles. The maximum atomic E-state index is 4.36. The maximum Gasteiger partial charge on any atom is 0.0597 e. The molecule has 4 heteroatoms. The number of hydrogen-bond donors (Lipinski definition) is 1. The van der Waals surface area contributed by atoms with Crippen LogP contribution in [0.4, 0.5) is 0 Å². The van der Waals surface area contributed by atoms with Crippen LogP contribution in [-0.4, -0.2) is 41.4 Å². The van der Waals surface area contributed by atoms with Crippen LogP contribution in [0.15, 0.2) is 6.07 Å². The Kier molecular flexibility index (Phi) is 4.78. The van der Waals surface area contributed by atoms with E-state index in [0.29, 0.717) is 0 Å². The molecule has 1 saturated heterocycles. The summed E-state index contributed by atoms with van der Waals surface area (Å²) in [4.78, 5) is 2.43. The molecule has 2 rings (SSSR count). The van der Waals surface area contributed by atoms with Crippen molar-refractivity contribution < 1.29 is 0 Å². The van der Waals surface area contributed by atoms with E-state index in [2.05, 4.69) is 28.4 Å². The standard InChI is InChI=1S/C14H26N4/c1-12-10-14(18(3)16-12)11-15-7-4-13-5-8-17(2)9-6-13/h10,13,15H,4-9,11H2,1-3H3. The summed E-state index contributed by atoms with van der Waals surface area (Å²) >= 11 is 0. The highest BCUT2D eigenvalue weighted by atomic mass is 15.3. The number of nitrogens with one attached hydrogen (secondary N) is 1. The average Bonchev–Trinajstić information content (AvgIpc) is 2.66. The lowest BCUT2D eigenvalue weighted by molar-refractivity contribution is 0.211. The van der Waals surface area contributed by atoms with Crippen LogP contribution in [0.1, 0.15) is 30.7 Å². The molecule has 0 amide bonds. The number of rotatable bonds is 5. The van der Waals surface area contributed by atoms with Crippen molar-refractivity contribution in [1.29, 1.82) is 0 Å². The third kappa shape index (κ3) is 3.82. The lowest BCUT2D eigenvalue weighted by atomic mass is 9.94. The summed E-state index contributed by atoms with van der Waals surface area (Å²) in [7, 11) is 4.24. The minimum atomic E-state index is 0.918. The molecule has 1 N–H and O–H groups in total.